The topological polar surface area (TPSA) is 237 Å². The summed E-state index contributed by atoms with van der Waals surface area (Å²) in [6.45, 7) is 9.83. The summed E-state index contributed by atoms with van der Waals surface area (Å²) < 4.78 is 69.1. The predicted octanol–water partition coefficient (Wildman–Crippen LogP) is 29.0. The Morgan fingerprint density at radius 1 is 0.250 bits per heavy atom. The van der Waals surface area contributed by atoms with Crippen molar-refractivity contribution >= 4 is 39.5 Å². The zero-order chi connectivity index (χ0) is 82.0. The quantitative estimate of drug-likeness (QED) is 0.0222. The van der Waals surface area contributed by atoms with E-state index in [1.165, 1.54) is 321 Å². The number of ether oxygens (including phenoxy) is 4. The van der Waals surface area contributed by atoms with Crippen molar-refractivity contribution < 1.29 is 80.2 Å². The predicted molar refractivity (Wildman–Crippen MR) is 465 cm³/mol. The minimum atomic E-state index is -4.97. The lowest BCUT2D eigenvalue weighted by atomic mass is 9.99. The van der Waals surface area contributed by atoms with Gasteiger partial charge in [0.25, 0.3) is 0 Å². The third-order valence-corrected chi connectivity index (χ3v) is 24.6. The third kappa shape index (κ3) is 83.1. The number of phosphoric ester groups is 2. The molecule has 0 bridgehead atoms. The van der Waals surface area contributed by atoms with E-state index in [1.807, 2.05) is 0 Å². The number of unbranched alkanes of at least 4 members (excludes halogenated alkanes) is 60. The number of aliphatic hydroxyl groups is 1. The van der Waals surface area contributed by atoms with Crippen molar-refractivity contribution in [2.45, 2.75) is 522 Å². The van der Waals surface area contributed by atoms with Gasteiger partial charge < -0.3 is 33.8 Å². The van der Waals surface area contributed by atoms with Gasteiger partial charge in [0, 0.05) is 25.7 Å². The second kappa shape index (κ2) is 84.1. The molecule has 0 fully saturated rings. The van der Waals surface area contributed by atoms with Crippen LogP contribution in [0.4, 0.5) is 0 Å². The Labute approximate surface area is 689 Å². The number of hydrogen-bond acceptors (Lipinski definition) is 15. The largest absolute Gasteiger partial charge is 0.472 e. The van der Waals surface area contributed by atoms with E-state index in [4.69, 9.17) is 37.0 Å². The van der Waals surface area contributed by atoms with Crippen LogP contribution in [0.2, 0.25) is 0 Å². The lowest BCUT2D eigenvalue weighted by molar-refractivity contribution is -0.161. The highest BCUT2D eigenvalue weighted by atomic mass is 31.2. The maximum absolute atomic E-state index is 13.2. The number of aliphatic hydroxyl groups excluding tert-OH is 1. The van der Waals surface area contributed by atoms with E-state index in [1.54, 1.807) is 0 Å². The van der Waals surface area contributed by atoms with Crippen LogP contribution in [0.3, 0.4) is 0 Å². The molecule has 0 radical (unpaired) electrons. The van der Waals surface area contributed by atoms with Gasteiger partial charge in [-0.3, -0.25) is 37.3 Å². The van der Waals surface area contributed by atoms with Crippen molar-refractivity contribution in [2.75, 3.05) is 39.6 Å². The number of hydrogen-bond donors (Lipinski definition) is 3. The van der Waals surface area contributed by atoms with Gasteiger partial charge >= 0.3 is 39.5 Å². The minimum absolute atomic E-state index is 0.108. The van der Waals surface area contributed by atoms with Crippen molar-refractivity contribution in [3.8, 4) is 0 Å². The minimum Gasteiger partial charge on any atom is -0.462 e. The summed E-state index contributed by atoms with van der Waals surface area (Å²) in [6, 6.07) is 0. The van der Waals surface area contributed by atoms with Gasteiger partial charge in [-0.05, 0) is 37.5 Å². The molecule has 3 N–H and O–H groups in total. The smallest absolute Gasteiger partial charge is 0.462 e. The molecule has 0 aliphatic carbocycles. The van der Waals surface area contributed by atoms with Gasteiger partial charge in [-0.15, -0.1) is 0 Å². The molecule has 0 aliphatic rings. The average Bonchev–Trinajstić information content (AvgIpc) is 0.900. The fourth-order valence-electron chi connectivity index (χ4n) is 14.6. The zero-order valence-electron chi connectivity index (χ0n) is 74.0. The Hall–Kier alpha value is -1.94. The highest BCUT2D eigenvalue weighted by Crippen LogP contribution is 2.45. The molecule has 0 aromatic heterocycles. The molecular formula is C93H182O17P2. The van der Waals surface area contributed by atoms with Gasteiger partial charge in [0.1, 0.15) is 19.3 Å². The van der Waals surface area contributed by atoms with E-state index in [0.717, 1.165) is 102 Å². The van der Waals surface area contributed by atoms with Crippen molar-refractivity contribution in [1.82, 2.24) is 0 Å². The Bertz CT molecular complexity index is 2140. The van der Waals surface area contributed by atoms with E-state index in [-0.39, 0.29) is 25.7 Å². The first kappa shape index (κ1) is 110. The van der Waals surface area contributed by atoms with Crippen LogP contribution < -0.4 is 0 Å². The first-order valence-electron chi connectivity index (χ1n) is 48.1. The van der Waals surface area contributed by atoms with Crippen molar-refractivity contribution in [3.63, 3.8) is 0 Å². The monoisotopic (exact) mass is 1630 g/mol. The van der Waals surface area contributed by atoms with E-state index in [9.17, 15) is 43.2 Å². The molecule has 0 aromatic rings. The normalized spacial score (nSPS) is 14.2. The summed E-state index contributed by atoms with van der Waals surface area (Å²) in [6.07, 6.45) is 79.1. The molecular weight excluding hydrogens is 1450 g/mol. The van der Waals surface area contributed by atoms with E-state index in [2.05, 4.69) is 41.5 Å². The van der Waals surface area contributed by atoms with Crippen LogP contribution in [0.1, 0.15) is 504 Å². The Morgan fingerprint density at radius 3 is 0.634 bits per heavy atom. The molecule has 0 spiro atoms. The van der Waals surface area contributed by atoms with E-state index >= 15 is 0 Å². The van der Waals surface area contributed by atoms with Crippen LogP contribution in [0.15, 0.2) is 0 Å². The van der Waals surface area contributed by atoms with Crippen LogP contribution in [0, 0.1) is 11.8 Å². The number of carbonyl (C=O) groups is 4. The summed E-state index contributed by atoms with van der Waals surface area (Å²) in [7, 11) is -9.94. The lowest BCUT2D eigenvalue weighted by Gasteiger charge is -2.21. The second-order valence-electron chi connectivity index (χ2n) is 33.9. The van der Waals surface area contributed by atoms with Crippen LogP contribution in [-0.4, -0.2) is 96.7 Å². The number of phosphoric acid groups is 2. The number of esters is 4. The third-order valence-electron chi connectivity index (χ3n) is 22.7. The van der Waals surface area contributed by atoms with Gasteiger partial charge in [-0.25, -0.2) is 9.13 Å². The standard InChI is InChI=1S/C93H182O17P2/c1-7-11-13-15-17-19-21-22-23-24-25-26-27-31-34-40-46-52-58-64-70-76-91(96)104-82-89(110-92(97)77-71-65-59-53-47-41-35-32-29-28-30-33-38-44-49-55-61-67-73-85(5)9-3)84-108-112(101,102)106-80-87(94)79-105-111(99,100)107-83-88(81-103-90(95)75-69-63-57-51-43-20-18-16-14-12-8-2)109-93(98)78-72-66-60-54-48-42-37-36-39-45-50-56-62-68-74-86(6)10-4/h85-89,94H,7-84H2,1-6H3,(H,99,100)(H,101,102)/t85?,86?,87-,88+,89+/m0/s1. The van der Waals surface area contributed by atoms with Crippen molar-refractivity contribution in [3.05, 3.63) is 0 Å². The first-order valence-corrected chi connectivity index (χ1v) is 51.1. The molecule has 0 rings (SSSR count). The van der Waals surface area contributed by atoms with Crippen LogP contribution in [0.5, 0.6) is 0 Å². The Kier molecular flexibility index (Phi) is 82.6. The fraction of sp³-hybridized carbons (Fsp3) is 0.957. The van der Waals surface area contributed by atoms with E-state index < -0.39 is 97.5 Å². The molecule has 666 valence electrons. The summed E-state index contributed by atoms with van der Waals surface area (Å²) in [5.74, 6) is -0.376. The maximum Gasteiger partial charge on any atom is 0.472 e. The summed E-state index contributed by atoms with van der Waals surface area (Å²) >= 11 is 0. The molecule has 0 amide bonds. The van der Waals surface area contributed by atoms with Gasteiger partial charge in [0.05, 0.1) is 26.4 Å². The highest BCUT2D eigenvalue weighted by molar-refractivity contribution is 7.47. The summed E-state index contributed by atoms with van der Waals surface area (Å²) in [5.41, 5.74) is 0. The summed E-state index contributed by atoms with van der Waals surface area (Å²) in [5, 5.41) is 10.7. The number of carbonyl (C=O) groups excluding carboxylic acids is 4. The zero-order valence-corrected chi connectivity index (χ0v) is 75.8. The number of rotatable bonds is 92. The summed E-state index contributed by atoms with van der Waals surface area (Å²) in [4.78, 5) is 73.5. The maximum atomic E-state index is 13.2. The molecule has 0 heterocycles. The SMILES string of the molecule is CCCCCCCCCCCCCCCCCCCCCCCC(=O)OC[C@H](COP(=O)(O)OC[C@@H](O)COP(=O)(O)OC[C@@H](COC(=O)CCCCCCCCCCCCC)OC(=O)CCCCCCCCCCCCCCCCC(C)CC)OC(=O)CCCCCCCCCCCCCCCCCCCCC(C)CC. The Balaban J connectivity index is 5.23. The van der Waals surface area contributed by atoms with Gasteiger partial charge in [-0.2, -0.15) is 0 Å². The van der Waals surface area contributed by atoms with Gasteiger partial charge in [0.15, 0.2) is 12.2 Å². The molecule has 0 aliphatic heterocycles. The molecule has 0 saturated heterocycles. The van der Waals surface area contributed by atoms with E-state index in [0.29, 0.717) is 25.7 Å². The molecule has 19 heteroatoms. The molecule has 0 aromatic carbocycles. The van der Waals surface area contributed by atoms with Crippen molar-refractivity contribution in [1.29, 1.82) is 0 Å². The molecule has 112 heavy (non-hydrogen) atoms. The molecule has 7 atom stereocenters. The van der Waals surface area contributed by atoms with Crippen LogP contribution in [-0.2, 0) is 65.4 Å². The molecule has 17 nitrogen and oxygen atoms in total. The average molecular weight is 1630 g/mol. The molecule has 0 saturated carbocycles. The first-order chi connectivity index (χ1) is 54.4. The second-order valence-corrected chi connectivity index (χ2v) is 36.8. The lowest BCUT2D eigenvalue weighted by Crippen LogP contribution is -2.30. The fourth-order valence-corrected chi connectivity index (χ4v) is 16.2. The van der Waals surface area contributed by atoms with Gasteiger partial charge in [0.2, 0.25) is 0 Å². The molecule has 4 unspecified atom stereocenters. The van der Waals surface area contributed by atoms with Crippen LogP contribution >= 0.6 is 15.6 Å². The Morgan fingerprint density at radius 2 is 0.429 bits per heavy atom. The van der Waals surface area contributed by atoms with Gasteiger partial charge in [-0.1, -0.05) is 452 Å². The highest BCUT2D eigenvalue weighted by Gasteiger charge is 2.31. The van der Waals surface area contributed by atoms with Crippen molar-refractivity contribution in [2.24, 2.45) is 11.8 Å². The van der Waals surface area contributed by atoms with Crippen LogP contribution in [0.25, 0.3) is 0 Å².